The molecule has 1 fully saturated rings. The maximum atomic E-state index is 3.44. The molecular formula is C5H11IN+. The Morgan fingerprint density at radius 2 is 2.57 bits per heavy atom. The molecule has 1 rings (SSSR count). The van der Waals surface area contributed by atoms with E-state index in [1.54, 1.807) is 0 Å². The van der Waals surface area contributed by atoms with E-state index in [0.29, 0.717) is 21.5 Å². The third-order valence-electron chi connectivity index (χ3n) is 1.22. The van der Waals surface area contributed by atoms with Gasteiger partial charge in [0.05, 0.1) is 0 Å². The lowest BCUT2D eigenvalue weighted by Crippen LogP contribution is -3.69. The summed E-state index contributed by atoms with van der Waals surface area (Å²) in [7, 11) is 0. The highest BCUT2D eigenvalue weighted by atomic mass is 127. The summed E-state index contributed by atoms with van der Waals surface area (Å²) in [5, 5.41) is 0. The zero-order chi connectivity index (χ0) is 5.11. The number of hydrogen-bond donors (Lipinski definition) is 1. The summed E-state index contributed by atoms with van der Waals surface area (Å²) >= 11 is 0.438. The summed E-state index contributed by atoms with van der Waals surface area (Å²) < 4.78 is 4.93. The molecule has 1 heterocycles. The topological polar surface area (TPSA) is 12.0 Å². The fourth-order valence-electron chi connectivity index (χ4n) is 0.596. The number of halogens is 1. The average Bonchev–Trinajstić information content (AvgIpc) is 1.69. The Hall–Kier alpha value is 0.690. The molecule has 0 aromatic rings. The van der Waals surface area contributed by atoms with Gasteiger partial charge in [0.25, 0.3) is 0 Å². The van der Waals surface area contributed by atoms with Crippen molar-refractivity contribution in [2.75, 3.05) is 11.0 Å². The molecule has 0 aliphatic carbocycles. The monoisotopic (exact) mass is 212 g/mol. The van der Waals surface area contributed by atoms with Gasteiger partial charge in [-0.1, -0.05) is 6.92 Å². The molecule has 2 heteroatoms. The molecule has 1 N–H and O–H groups in total. The normalized spacial score (nSPS) is 33.0. The van der Waals surface area contributed by atoms with Crippen molar-refractivity contribution in [2.24, 2.45) is 5.92 Å². The van der Waals surface area contributed by atoms with Crippen molar-refractivity contribution >= 4 is 0 Å². The van der Waals surface area contributed by atoms with Gasteiger partial charge in [0.1, 0.15) is 0 Å². The second kappa shape index (κ2) is 2.87. The van der Waals surface area contributed by atoms with Gasteiger partial charge in [0.15, 0.2) is 4.43 Å². The Morgan fingerprint density at radius 3 is 2.86 bits per heavy atom. The summed E-state index contributed by atoms with van der Waals surface area (Å²) in [6.45, 7) is 3.60. The van der Waals surface area contributed by atoms with Crippen molar-refractivity contribution in [3.05, 3.63) is 0 Å². The van der Waals surface area contributed by atoms with Gasteiger partial charge < -0.3 is 0 Å². The van der Waals surface area contributed by atoms with E-state index in [0.717, 1.165) is 5.92 Å². The van der Waals surface area contributed by atoms with E-state index >= 15 is 0 Å². The van der Waals surface area contributed by atoms with Gasteiger partial charge in [0, 0.05) is 6.54 Å². The van der Waals surface area contributed by atoms with E-state index in [9.17, 15) is 0 Å². The van der Waals surface area contributed by atoms with Crippen LogP contribution >= 0.6 is 0 Å². The predicted molar refractivity (Wildman–Crippen MR) is 26.7 cm³/mol. The van der Waals surface area contributed by atoms with Crippen LogP contribution in [0.25, 0.3) is 0 Å². The van der Waals surface area contributed by atoms with Crippen molar-refractivity contribution in [1.29, 1.82) is 0 Å². The van der Waals surface area contributed by atoms with E-state index in [1.807, 2.05) is 0 Å². The minimum atomic E-state index is 0.438. The quantitative estimate of drug-likeness (QED) is 0.268. The fourth-order valence-corrected chi connectivity index (χ4v) is 3.42. The number of rotatable bonds is 0. The second-order valence-corrected chi connectivity index (χ2v) is 4.66. The number of hydrogen-bond acceptors (Lipinski definition) is 1. The van der Waals surface area contributed by atoms with Crippen LogP contribution in [0, 0.1) is 5.92 Å². The SMILES string of the molecule is C[C@@H]1CC[I+]NC1. The molecule has 42 valence electrons. The standard InChI is InChI=1S/C5H11IN/c1-5-2-3-6-7-4-5/h5,7H,2-4H2,1H3/q+1/t5-/m1/s1. The van der Waals surface area contributed by atoms with Gasteiger partial charge in [0.2, 0.25) is 0 Å². The van der Waals surface area contributed by atoms with Crippen molar-refractivity contribution < 1.29 is 21.5 Å². The van der Waals surface area contributed by atoms with Crippen LogP contribution in [0.15, 0.2) is 0 Å². The van der Waals surface area contributed by atoms with Crippen LogP contribution in [-0.2, 0) is 0 Å². The maximum absolute atomic E-state index is 3.44. The Morgan fingerprint density at radius 1 is 1.71 bits per heavy atom. The van der Waals surface area contributed by atoms with Crippen LogP contribution in [0.1, 0.15) is 13.3 Å². The Labute approximate surface area is 55.5 Å². The third-order valence-corrected chi connectivity index (χ3v) is 3.36. The first-order valence-corrected chi connectivity index (χ1v) is 5.31. The van der Waals surface area contributed by atoms with E-state index in [2.05, 4.69) is 10.5 Å². The largest absolute Gasteiger partial charge is 0.384 e. The van der Waals surface area contributed by atoms with Crippen LogP contribution in [0.3, 0.4) is 0 Å². The smallest absolute Gasteiger partial charge is 0.110 e. The maximum Gasteiger partial charge on any atom is 0.384 e. The Balaban J connectivity index is 2.12. The van der Waals surface area contributed by atoms with Gasteiger partial charge in [-0.15, -0.1) is 3.53 Å². The second-order valence-electron chi connectivity index (χ2n) is 2.05. The predicted octanol–water partition coefficient (Wildman–Crippen LogP) is -2.38. The van der Waals surface area contributed by atoms with Crippen LogP contribution in [0.5, 0.6) is 0 Å². The number of alkyl halides is 1. The minimum Gasteiger partial charge on any atom is -0.110 e. The molecule has 0 aromatic carbocycles. The lowest BCUT2D eigenvalue weighted by atomic mass is 10.1. The lowest BCUT2D eigenvalue weighted by molar-refractivity contribution is -0.720. The van der Waals surface area contributed by atoms with E-state index in [-0.39, 0.29) is 0 Å². The van der Waals surface area contributed by atoms with E-state index in [1.165, 1.54) is 17.4 Å². The Kier molecular flexibility index (Phi) is 2.38. The molecular weight excluding hydrogens is 201 g/mol. The van der Waals surface area contributed by atoms with Gasteiger partial charge in [-0.25, -0.2) is 0 Å². The molecule has 0 saturated carbocycles. The first kappa shape index (κ1) is 5.82. The minimum absolute atomic E-state index is 0.438. The van der Waals surface area contributed by atoms with E-state index in [4.69, 9.17) is 0 Å². The summed E-state index contributed by atoms with van der Waals surface area (Å²) in [4.78, 5) is 0. The molecule has 0 unspecified atom stereocenters. The van der Waals surface area contributed by atoms with Gasteiger partial charge in [-0.3, -0.25) is 0 Å². The highest BCUT2D eigenvalue weighted by molar-refractivity contribution is 4.52. The van der Waals surface area contributed by atoms with Gasteiger partial charge in [-0.2, -0.15) is 0 Å². The zero-order valence-corrected chi connectivity index (χ0v) is 6.73. The third kappa shape index (κ3) is 1.95. The van der Waals surface area contributed by atoms with Crippen molar-refractivity contribution in [1.82, 2.24) is 3.53 Å². The molecule has 0 bridgehead atoms. The van der Waals surface area contributed by atoms with Crippen molar-refractivity contribution in [2.45, 2.75) is 13.3 Å². The summed E-state index contributed by atoms with van der Waals surface area (Å²) in [6.07, 6.45) is 1.47. The van der Waals surface area contributed by atoms with Crippen molar-refractivity contribution in [3.8, 4) is 0 Å². The first-order valence-electron chi connectivity index (χ1n) is 2.70. The average molecular weight is 212 g/mol. The van der Waals surface area contributed by atoms with Crippen molar-refractivity contribution in [3.63, 3.8) is 0 Å². The summed E-state index contributed by atoms with van der Waals surface area (Å²) in [5.41, 5.74) is 0. The van der Waals surface area contributed by atoms with Gasteiger partial charge in [-0.05, 0) is 12.3 Å². The highest BCUT2D eigenvalue weighted by Crippen LogP contribution is 1.95. The summed E-state index contributed by atoms with van der Waals surface area (Å²) in [6, 6.07) is 0. The molecule has 0 radical (unpaired) electrons. The number of nitrogens with one attached hydrogen (secondary N) is 1. The molecule has 0 spiro atoms. The van der Waals surface area contributed by atoms with Crippen LogP contribution in [0.2, 0.25) is 0 Å². The zero-order valence-electron chi connectivity index (χ0n) is 4.58. The molecule has 1 atom stereocenters. The van der Waals surface area contributed by atoms with Crippen LogP contribution in [0.4, 0.5) is 0 Å². The molecule has 1 saturated heterocycles. The van der Waals surface area contributed by atoms with Crippen LogP contribution < -0.4 is 25.0 Å². The van der Waals surface area contributed by atoms with Crippen LogP contribution in [-0.4, -0.2) is 11.0 Å². The van der Waals surface area contributed by atoms with Gasteiger partial charge >= 0.3 is 21.5 Å². The molecule has 7 heavy (non-hydrogen) atoms. The highest BCUT2D eigenvalue weighted by Gasteiger charge is 2.17. The Bertz CT molecular complexity index is 50.0. The summed E-state index contributed by atoms with van der Waals surface area (Å²) in [5.74, 6) is 0.952. The molecule has 0 amide bonds. The van der Waals surface area contributed by atoms with E-state index < -0.39 is 0 Å². The molecule has 1 nitrogen and oxygen atoms in total. The molecule has 1 aliphatic rings. The first-order chi connectivity index (χ1) is 3.39. The fraction of sp³-hybridized carbons (Fsp3) is 1.00. The molecule has 0 aromatic heterocycles. The lowest BCUT2D eigenvalue weighted by Gasteiger charge is -2.06. The molecule has 1 aliphatic heterocycles.